The van der Waals surface area contributed by atoms with Gasteiger partial charge < -0.3 is 16.6 Å². The number of rotatable bonds is 5. The Hall–Kier alpha value is -0.670. The monoisotopic (exact) mass is 191 g/mol. The van der Waals surface area contributed by atoms with Crippen LogP contribution in [0.5, 0.6) is 0 Å². The van der Waals surface area contributed by atoms with Crippen molar-refractivity contribution >= 4 is 20.8 Å². The summed E-state index contributed by atoms with van der Waals surface area (Å²) in [5.74, 6) is -0.974. The molecule has 1 unspecified atom stereocenters. The molecule has 0 aromatic rings. The number of carboxylic acid groups (broad SMARTS) is 1. The quantitative estimate of drug-likeness (QED) is 0.233. The predicted molar refractivity (Wildman–Crippen MR) is 51.0 cm³/mol. The van der Waals surface area contributed by atoms with Crippen LogP contribution in [0.4, 0.5) is 0 Å². The van der Waals surface area contributed by atoms with E-state index in [0.717, 1.165) is 0 Å². The van der Waals surface area contributed by atoms with Gasteiger partial charge in [0.05, 0.1) is 0 Å². The summed E-state index contributed by atoms with van der Waals surface area (Å²) in [5.41, 5.74) is 10.9. The lowest BCUT2D eigenvalue weighted by molar-refractivity contribution is -0.138. The summed E-state index contributed by atoms with van der Waals surface area (Å²) in [6, 6.07) is -0.786. The minimum atomic E-state index is -0.974. The lowest BCUT2D eigenvalue weighted by atomic mass is 10.2. The lowest BCUT2D eigenvalue weighted by Crippen LogP contribution is -2.29. The Kier molecular flexibility index (Phi) is 5.58. The maximum Gasteiger partial charge on any atom is 0.320 e. The first kappa shape index (κ1) is 11.3. The minimum Gasteiger partial charge on any atom is -0.480 e. The number of nitrogens with two attached hydrogens (primary N) is 2. The Labute approximate surface area is 73.4 Å². The van der Waals surface area contributed by atoms with Crippen LogP contribution in [0.15, 0.2) is 4.99 Å². The Morgan fingerprint density at radius 2 is 2.25 bits per heavy atom. The molecule has 0 radical (unpaired) electrons. The normalized spacial score (nSPS) is 14.3. The Balaban J connectivity index is 3.44. The van der Waals surface area contributed by atoms with E-state index < -0.39 is 12.0 Å². The van der Waals surface area contributed by atoms with E-state index in [1.54, 1.807) is 0 Å². The zero-order valence-electron chi connectivity index (χ0n) is 6.73. The van der Waals surface area contributed by atoms with Crippen molar-refractivity contribution in [3.63, 3.8) is 0 Å². The SMILES string of the molecule is NC(P)=NCCC[C@H](N)C(=O)O. The molecule has 0 aromatic carbocycles. The van der Waals surface area contributed by atoms with E-state index in [1.165, 1.54) is 0 Å². The highest BCUT2D eigenvalue weighted by Crippen LogP contribution is 1.95. The topological polar surface area (TPSA) is 102 Å². The van der Waals surface area contributed by atoms with Crippen molar-refractivity contribution in [3.05, 3.63) is 0 Å². The van der Waals surface area contributed by atoms with Crippen LogP contribution < -0.4 is 11.5 Å². The van der Waals surface area contributed by atoms with Crippen molar-refractivity contribution in [1.29, 1.82) is 0 Å². The van der Waals surface area contributed by atoms with E-state index in [4.69, 9.17) is 16.6 Å². The van der Waals surface area contributed by atoms with Gasteiger partial charge in [-0.1, -0.05) is 9.24 Å². The van der Waals surface area contributed by atoms with Gasteiger partial charge in [0.2, 0.25) is 0 Å². The lowest BCUT2D eigenvalue weighted by Gasteiger charge is -2.03. The molecule has 0 bridgehead atoms. The second-order valence-corrected chi connectivity index (χ2v) is 2.99. The van der Waals surface area contributed by atoms with E-state index in [-0.39, 0.29) is 0 Å². The fourth-order valence-corrected chi connectivity index (χ4v) is 0.772. The summed E-state index contributed by atoms with van der Waals surface area (Å²) in [4.78, 5) is 14.1. The van der Waals surface area contributed by atoms with Gasteiger partial charge in [0, 0.05) is 6.54 Å². The van der Waals surface area contributed by atoms with Gasteiger partial charge in [0.25, 0.3) is 0 Å². The third kappa shape index (κ3) is 6.07. The zero-order valence-corrected chi connectivity index (χ0v) is 7.89. The molecule has 0 aliphatic carbocycles. The van der Waals surface area contributed by atoms with Crippen LogP contribution in [0, 0.1) is 0 Å². The molecule has 0 aromatic heterocycles. The average Bonchev–Trinajstić information content (AvgIpc) is 1.97. The zero-order chi connectivity index (χ0) is 9.56. The highest BCUT2D eigenvalue weighted by atomic mass is 31.0. The van der Waals surface area contributed by atoms with Crippen LogP contribution in [0.2, 0.25) is 0 Å². The minimum absolute atomic E-state index is 0.427. The van der Waals surface area contributed by atoms with Crippen LogP contribution in [0.3, 0.4) is 0 Å². The number of nitrogens with zero attached hydrogens (tertiary/aromatic N) is 1. The van der Waals surface area contributed by atoms with E-state index in [1.807, 2.05) is 0 Å². The molecule has 0 saturated heterocycles. The van der Waals surface area contributed by atoms with Gasteiger partial charge in [-0.15, -0.1) is 0 Å². The number of hydrogen-bond acceptors (Lipinski definition) is 3. The number of aliphatic carboxylic acids is 1. The molecule has 5 N–H and O–H groups in total. The summed E-state index contributed by atoms with van der Waals surface area (Å²) in [7, 11) is 2.25. The molecule has 0 amide bonds. The van der Waals surface area contributed by atoms with Crippen LogP contribution >= 0.6 is 9.24 Å². The predicted octanol–water partition coefficient (Wildman–Crippen LogP) is -0.632. The van der Waals surface area contributed by atoms with Gasteiger partial charge in [-0.3, -0.25) is 9.79 Å². The van der Waals surface area contributed by atoms with Crippen LogP contribution in [-0.4, -0.2) is 29.2 Å². The third-order valence-corrected chi connectivity index (χ3v) is 1.47. The molecule has 0 fully saturated rings. The average molecular weight is 191 g/mol. The molecule has 6 heteroatoms. The maximum absolute atomic E-state index is 10.2. The Morgan fingerprint density at radius 3 is 2.67 bits per heavy atom. The number of hydrogen-bond donors (Lipinski definition) is 3. The summed E-state index contributed by atoms with van der Waals surface area (Å²) in [6.45, 7) is 0.524. The van der Waals surface area contributed by atoms with Gasteiger partial charge in [0.15, 0.2) is 0 Å². The molecule has 2 atom stereocenters. The van der Waals surface area contributed by atoms with Crippen molar-refractivity contribution in [2.24, 2.45) is 16.5 Å². The molecule has 0 spiro atoms. The molecule has 12 heavy (non-hydrogen) atoms. The van der Waals surface area contributed by atoms with Gasteiger partial charge in [0.1, 0.15) is 11.6 Å². The van der Waals surface area contributed by atoms with Crippen molar-refractivity contribution in [2.45, 2.75) is 18.9 Å². The van der Waals surface area contributed by atoms with Gasteiger partial charge in [-0.2, -0.15) is 0 Å². The number of amidine groups is 1. The molecule has 0 saturated carbocycles. The Bertz CT molecular complexity index is 180. The van der Waals surface area contributed by atoms with Crippen molar-refractivity contribution < 1.29 is 9.90 Å². The molecule has 0 aliphatic rings. The second kappa shape index (κ2) is 5.91. The van der Waals surface area contributed by atoms with Crippen molar-refractivity contribution in [3.8, 4) is 0 Å². The molecule has 0 rings (SSSR count). The number of aliphatic imine (C=N–C) groups is 1. The molecule has 5 nitrogen and oxygen atoms in total. The van der Waals surface area contributed by atoms with Gasteiger partial charge in [-0.25, -0.2) is 0 Å². The fourth-order valence-electron chi connectivity index (χ4n) is 0.643. The Morgan fingerprint density at radius 1 is 1.67 bits per heavy atom. The largest absolute Gasteiger partial charge is 0.480 e. The van der Waals surface area contributed by atoms with Crippen molar-refractivity contribution in [1.82, 2.24) is 0 Å². The smallest absolute Gasteiger partial charge is 0.320 e. The van der Waals surface area contributed by atoms with Gasteiger partial charge >= 0.3 is 5.97 Å². The van der Waals surface area contributed by atoms with Crippen molar-refractivity contribution in [2.75, 3.05) is 6.54 Å². The summed E-state index contributed by atoms with van der Waals surface area (Å²) in [6.07, 6.45) is 1.07. The summed E-state index contributed by atoms with van der Waals surface area (Å²) < 4.78 is 0. The van der Waals surface area contributed by atoms with E-state index in [9.17, 15) is 4.79 Å². The summed E-state index contributed by atoms with van der Waals surface area (Å²) >= 11 is 0. The van der Waals surface area contributed by atoms with E-state index >= 15 is 0 Å². The van der Waals surface area contributed by atoms with E-state index in [2.05, 4.69) is 14.2 Å². The first-order valence-corrected chi connectivity index (χ1v) is 4.15. The van der Waals surface area contributed by atoms with Gasteiger partial charge in [-0.05, 0) is 12.8 Å². The highest BCUT2D eigenvalue weighted by molar-refractivity contribution is 7.40. The molecular formula is C6H14N3O2P. The van der Waals surface area contributed by atoms with E-state index in [0.29, 0.717) is 25.0 Å². The van der Waals surface area contributed by atoms with Crippen LogP contribution in [0.25, 0.3) is 0 Å². The molecule has 0 heterocycles. The standard InChI is InChI=1S/C6H14N3O2P/c7-4(5(10)11)2-1-3-9-6(8)12/h4H,1-3,7,12H2,(H2,8,9)(H,10,11)/t4-/m0/s1. The molecule has 0 aliphatic heterocycles. The second-order valence-electron chi connectivity index (χ2n) is 2.39. The number of carbonyl (C=O) groups is 1. The third-order valence-electron chi connectivity index (χ3n) is 1.28. The molecule has 70 valence electrons. The fraction of sp³-hybridized carbons (Fsp3) is 0.667. The summed E-state index contributed by atoms with van der Waals surface area (Å²) in [5, 5.41) is 8.40. The highest BCUT2D eigenvalue weighted by Gasteiger charge is 2.09. The van der Waals surface area contributed by atoms with Crippen LogP contribution in [0.1, 0.15) is 12.8 Å². The number of carboxylic acids is 1. The molecular weight excluding hydrogens is 177 g/mol. The maximum atomic E-state index is 10.2. The first-order valence-electron chi connectivity index (χ1n) is 3.58. The first-order chi connectivity index (χ1) is 5.54. The van der Waals surface area contributed by atoms with Crippen LogP contribution in [-0.2, 0) is 4.79 Å².